The monoisotopic (exact) mass is 857 g/mol. The molecule has 7 amide bonds. The molecule has 0 saturated carbocycles. The van der Waals surface area contributed by atoms with Crippen molar-refractivity contribution in [2.45, 2.75) is 143 Å². The second-order valence-electron chi connectivity index (χ2n) is 17.2. The first-order valence-corrected chi connectivity index (χ1v) is 21.3. The first-order valence-electron chi connectivity index (χ1n) is 21.3. The molecule has 2 heterocycles. The number of nitrogens with one attached hydrogen (secondary N) is 6. The summed E-state index contributed by atoms with van der Waals surface area (Å²) in [5.41, 5.74) is 3.66. The van der Waals surface area contributed by atoms with E-state index in [1.54, 1.807) is 58.9 Å². The smallest absolute Gasteiger partial charge is 0.329 e. The highest BCUT2D eigenvalue weighted by atomic mass is 16.5. The van der Waals surface area contributed by atoms with E-state index < -0.39 is 108 Å². The Morgan fingerprint density at radius 2 is 1.56 bits per heavy atom. The van der Waals surface area contributed by atoms with Crippen molar-refractivity contribution < 1.29 is 47.8 Å². The molecule has 0 radical (unpaired) electrons. The predicted octanol–water partition coefficient (Wildman–Crippen LogP) is 0.964. The zero-order chi connectivity index (χ0) is 45.7. The van der Waals surface area contributed by atoms with Crippen LogP contribution in [0.25, 0.3) is 0 Å². The fourth-order valence-corrected chi connectivity index (χ4v) is 7.59. The van der Waals surface area contributed by atoms with Crippen molar-refractivity contribution in [1.29, 1.82) is 0 Å². The summed E-state index contributed by atoms with van der Waals surface area (Å²) in [5, 5.41) is 14.8. The standard InChI is InChI=1S/C43H68N8O10/c1-12-26(8)34-42(58)51-32(14-13-19-45-51)38(54)47-31(20-23(2)3)41(57)50(10)36(25(6)7)43(59)61-27(9)35(49-39(55)33(24(4)5)44-22-52)40(56)46-30(37(53)48-34)21-28-15-17-29(60-11)18-16-28/h15-18,22-27,30-36,45H,12-14,19-21H2,1-11H3,(H,44,52)(H,46,56)(H,47,54)(H,48,53)(H,49,55). The Kier molecular flexibility index (Phi) is 19.0. The summed E-state index contributed by atoms with van der Waals surface area (Å²) in [6, 6.07) is -1.77. The van der Waals surface area contributed by atoms with Crippen molar-refractivity contribution in [2.24, 2.45) is 23.7 Å². The van der Waals surface area contributed by atoms with E-state index in [-0.39, 0.29) is 25.2 Å². The molecule has 2 aliphatic heterocycles. The maximum atomic E-state index is 14.6. The number of ether oxygens (including phenoxy) is 2. The number of hydrogen-bond donors (Lipinski definition) is 6. The summed E-state index contributed by atoms with van der Waals surface area (Å²) in [6.07, 6.45) is 0.369. The SMILES string of the molecule is CCC(C)C1NC(=O)C(Cc2ccc(OC)cc2)NC(=O)C(NC(=O)C(NC=O)C(C)C)C(C)OC(=O)C(C(C)C)N(C)C(=O)C(CC(C)C)NC(=O)C2CCCNN2C1=O. The van der Waals surface area contributed by atoms with Gasteiger partial charge in [-0.3, -0.25) is 38.6 Å². The van der Waals surface area contributed by atoms with Crippen LogP contribution in [0.2, 0.25) is 0 Å². The van der Waals surface area contributed by atoms with E-state index in [1.807, 2.05) is 20.8 Å². The number of hydrogen-bond acceptors (Lipinski definition) is 11. The Morgan fingerprint density at radius 1 is 0.918 bits per heavy atom. The number of rotatable bonds is 13. The highest BCUT2D eigenvalue weighted by Crippen LogP contribution is 2.22. The molecule has 1 aromatic rings. The maximum absolute atomic E-state index is 14.6. The molecule has 1 aromatic carbocycles. The Morgan fingerprint density at radius 3 is 2.11 bits per heavy atom. The van der Waals surface area contributed by atoms with Crippen LogP contribution in [0, 0.1) is 23.7 Å². The molecular formula is C43H68N8O10. The first-order chi connectivity index (χ1) is 28.7. The Balaban J connectivity index is 2.26. The minimum atomic E-state index is -1.62. The molecule has 61 heavy (non-hydrogen) atoms. The Hall–Kier alpha value is -5.26. The number of nitrogens with zero attached hydrogens (tertiary/aromatic N) is 2. The molecule has 2 saturated heterocycles. The second kappa shape index (κ2) is 23.1. The fraction of sp³-hybridized carbons (Fsp3) is 0.674. The van der Waals surface area contributed by atoms with E-state index in [4.69, 9.17) is 9.47 Å². The van der Waals surface area contributed by atoms with Crippen molar-refractivity contribution in [3.05, 3.63) is 29.8 Å². The Labute approximate surface area is 359 Å². The van der Waals surface area contributed by atoms with E-state index in [1.165, 1.54) is 31.0 Å². The number of fused-ring (bicyclic) bond motifs is 1. The largest absolute Gasteiger partial charge is 0.497 e. The fourth-order valence-electron chi connectivity index (χ4n) is 7.59. The quantitative estimate of drug-likeness (QED) is 0.121. The van der Waals surface area contributed by atoms with Gasteiger partial charge in [0, 0.05) is 20.0 Å². The van der Waals surface area contributed by atoms with Gasteiger partial charge in [-0.1, -0.05) is 73.9 Å². The van der Waals surface area contributed by atoms with Gasteiger partial charge < -0.3 is 41.0 Å². The molecule has 2 fully saturated rings. The third-order valence-corrected chi connectivity index (χ3v) is 11.3. The van der Waals surface area contributed by atoms with Gasteiger partial charge in [0.2, 0.25) is 35.9 Å². The Bertz CT molecular complexity index is 1710. The number of hydrazine groups is 1. The van der Waals surface area contributed by atoms with Crippen molar-refractivity contribution >= 4 is 47.8 Å². The summed E-state index contributed by atoms with van der Waals surface area (Å²) in [5.74, 6) is -5.93. The predicted molar refractivity (Wildman–Crippen MR) is 226 cm³/mol. The lowest BCUT2D eigenvalue weighted by atomic mass is 9.95. The van der Waals surface area contributed by atoms with Crippen LogP contribution in [0.4, 0.5) is 0 Å². The molecule has 3 rings (SSSR count). The van der Waals surface area contributed by atoms with Crippen LogP contribution in [0.15, 0.2) is 24.3 Å². The molecule has 18 nitrogen and oxygen atoms in total. The molecule has 0 aromatic heterocycles. The van der Waals surface area contributed by atoms with Crippen molar-refractivity contribution in [1.82, 2.24) is 41.9 Å². The van der Waals surface area contributed by atoms with Gasteiger partial charge in [-0.2, -0.15) is 0 Å². The van der Waals surface area contributed by atoms with Crippen molar-refractivity contribution in [3.8, 4) is 5.75 Å². The molecule has 0 aliphatic carbocycles. The number of benzene rings is 1. The molecule has 2 aliphatic rings. The third kappa shape index (κ3) is 13.4. The molecule has 0 bridgehead atoms. The third-order valence-electron chi connectivity index (χ3n) is 11.3. The summed E-state index contributed by atoms with van der Waals surface area (Å²) >= 11 is 0. The van der Waals surface area contributed by atoms with Crippen LogP contribution >= 0.6 is 0 Å². The average Bonchev–Trinajstić information content (AvgIpc) is 3.21. The number of esters is 1. The van der Waals surface area contributed by atoms with Gasteiger partial charge in [0.15, 0.2) is 0 Å². The lowest BCUT2D eigenvalue weighted by Gasteiger charge is -2.39. The minimum absolute atomic E-state index is 0.0712. The number of cyclic esters (lactones) is 1. The first kappa shape index (κ1) is 50.1. The van der Waals surface area contributed by atoms with Crippen molar-refractivity contribution in [3.63, 3.8) is 0 Å². The molecule has 9 unspecified atom stereocenters. The summed E-state index contributed by atoms with van der Waals surface area (Å²) < 4.78 is 11.2. The van der Waals surface area contributed by atoms with E-state index in [0.29, 0.717) is 37.1 Å². The summed E-state index contributed by atoms with van der Waals surface area (Å²) in [7, 11) is 2.94. The zero-order valence-electron chi connectivity index (χ0n) is 37.5. The van der Waals surface area contributed by atoms with Gasteiger partial charge in [-0.25, -0.2) is 10.2 Å². The molecule has 0 spiro atoms. The van der Waals surface area contributed by atoms with Crippen LogP contribution in [0.1, 0.15) is 93.6 Å². The number of carbonyl (C=O) groups excluding carboxylic acids is 8. The van der Waals surface area contributed by atoms with Crippen LogP contribution in [0.5, 0.6) is 5.75 Å². The average molecular weight is 857 g/mol. The van der Waals surface area contributed by atoms with Gasteiger partial charge in [-0.05, 0) is 67.6 Å². The highest BCUT2D eigenvalue weighted by molar-refractivity contribution is 5.98. The van der Waals surface area contributed by atoms with E-state index in [2.05, 4.69) is 32.0 Å². The van der Waals surface area contributed by atoms with Gasteiger partial charge in [0.05, 0.1) is 7.11 Å². The normalized spacial score (nSPS) is 26.2. The van der Waals surface area contributed by atoms with Crippen LogP contribution in [-0.2, 0) is 49.5 Å². The molecular weight excluding hydrogens is 789 g/mol. The second-order valence-corrected chi connectivity index (χ2v) is 17.2. The van der Waals surface area contributed by atoms with Crippen LogP contribution in [0.3, 0.4) is 0 Å². The van der Waals surface area contributed by atoms with Crippen molar-refractivity contribution in [2.75, 3.05) is 20.7 Å². The zero-order valence-corrected chi connectivity index (χ0v) is 37.5. The molecule has 18 heteroatoms. The summed E-state index contributed by atoms with van der Waals surface area (Å²) in [4.78, 5) is 113. The topological polar surface area (TPSA) is 234 Å². The van der Waals surface area contributed by atoms with Gasteiger partial charge in [0.25, 0.3) is 5.91 Å². The molecule has 6 N–H and O–H groups in total. The van der Waals surface area contributed by atoms with Gasteiger partial charge in [0.1, 0.15) is 54.1 Å². The maximum Gasteiger partial charge on any atom is 0.329 e. The van der Waals surface area contributed by atoms with Gasteiger partial charge >= 0.3 is 5.97 Å². The van der Waals surface area contributed by atoms with E-state index in [9.17, 15) is 38.4 Å². The number of amides is 7. The van der Waals surface area contributed by atoms with E-state index in [0.717, 1.165) is 0 Å². The summed E-state index contributed by atoms with van der Waals surface area (Å²) in [6.45, 7) is 16.0. The molecule has 340 valence electrons. The number of likely N-dealkylation sites (N-methyl/N-ethyl adjacent to an activating group) is 1. The van der Waals surface area contributed by atoms with Gasteiger partial charge in [-0.15, -0.1) is 0 Å². The molecule has 9 atom stereocenters. The lowest BCUT2D eigenvalue weighted by molar-refractivity contribution is -0.163. The minimum Gasteiger partial charge on any atom is -0.497 e. The number of methoxy groups -OCH3 is 1. The van der Waals surface area contributed by atoms with Crippen LogP contribution < -0.4 is 36.7 Å². The lowest BCUT2D eigenvalue weighted by Crippen LogP contribution is -2.66. The van der Waals surface area contributed by atoms with E-state index >= 15 is 0 Å². The van der Waals surface area contributed by atoms with Crippen LogP contribution in [-0.4, -0.2) is 127 Å². The number of carbonyl (C=O) groups is 8. The highest BCUT2D eigenvalue weighted by Gasteiger charge is 2.43.